The van der Waals surface area contributed by atoms with Crippen LogP contribution in [-0.4, -0.2) is 49.7 Å². The van der Waals surface area contributed by atoms with Crippen molar-refractivity contribution in [1.29, 1.82) is 0 Å². The van der Waals surface area contributed by atoms with Crippen LogP contribution in [0.25, 0.3) is 0 Å². The van der Waals surface area contributed by atoms with Crippen LogP contribution in [-0.2, 0) is 11.3 Å². The zero-order valence-corrected chi connectivity index (χ0v) is 19.4. The Bertz CT molecular complexity index is 584. The number of hydrogen-bond acceptors (Lipinski definition) is 3. The minimum Gasteiger partial charge on any atom is -0.383 e. The van der Waals surface area contributed by atoms with Crippen molar-refractivity contribution in [3.8, 4) is 0 Å². The SMILES string of the molecule is CCNC(=NCc1ccc(NCCOC)cc1)N1CC(C)(C)C1(C)C.I. The van der Waals surface area contributed by atoms with Gasteiger partial charge in [-0.25, -0.2) is 4.99 Å². The lowest BCUT2D eigenvalue weighted by Crippen LogP contribution is -2.72. The number of guanidine groups is 1. The Morgan fingerprint density at radius 1 is 1.19 bits per heavy atom. The van der Waals surface area contributed by atoms with E-state index in [1.807, 2.05) is 0 Å². The number of aliphatic imine (C=N–C) groups is 1. The molecule has 5 nitrogen and oxygen atoms in total. The van der Waals surface area contributed by atoms with Crippen molar-refractivity contribution in [2.24, 2.45) is 10.4 Å². The Hall–Kier alpha value is -1.02. The zero-order valence-electron chi connectivity index (χ0n) is 17.1. The molecule has 2 rings (SSSR count). The number of halogens is 1. The first-order valence-electron chi connectivity index (χ1n) is 9.19. The number of methoxy groups -OCH3 is 1. The van der Waals surface area contributed by atoms with Gasteiger partial charge in [-0.05, 0) is 38.5 Å². The lowest BCUT2D eigenvalue weighted by Gasteiger charge is -2.62. The average Bonchev–Trinajstić information content (AvgIpc) is 2.58. The van der Waals surface area contributed by atoms with Crippen molar-refractivity contribution in [2.45, 2.75) is 46.7 Å². The Morgan fingerprint density at radius 3 is 2.35 bits per heavy atom. The fourth-order valence-electron chi connectivity index (χ4n) is 2.99. The maximum atomic E-state index is 5.05. The molecule has 1 heterocycles. The normalized spacial score (nSPS) is 17.9. The van der Waals surface area contributed by atoms with Crippen LogP contribution in [0.15, 0.2) is 29.3 Å². The summed E-state index contributed by atoms with van der Waals surface area (Å²) in [6.07, 6.45) is 0. The Morgan fingerprint density at radius 2 is 1.85 bits per heavy atom. The summed E-state index contributed by atoms with van der Waals surface area (Å²) in [5.41, 5.74) is 2.74. The average molecular weight is 474 g/mol. The molecule has 0 radical (unpaired) electrons. The third-order valence-corrected chi connectivity index (χ3v) is 5.48. The van der Waals surface area contributed by atoms with Gasteiger partial charge >= 0.3 is 0 Å². The standard InChI is InChI=1S/C20H34N4O.HI/c1-7-21-18(24-15-19(2,3)20(24,4)5)23-14-16-8-10-17(11-9-16)22-12-13-25-6;/h8-11,22H,7,12-15H2,1-6H3,(H,21,23);1H. The molecule has 0 aromatic heterocycles. The molecule has 6 heteroatoms. The highest BCUT2D eigenvalue weighted by molar-refractivity contribution is 14.0. The summed E-state index contributed by atoms with van der Waals surface area (Å²) in [6, 6.07) is 8.47. The van der Waals surface area contributed by atoms with Crippen LogP contribution >= 0.6 is 24.0 Å². The van der Waals surface area contributed by atoms with Crippen LogP contribution in [0.5, 0.6) is 0 Å². The van der Waals surface area contributed by atoms with Gasteiger partial charge in [0, 0.05) is 43.4 Å². The van der Waals surface area contributed by atoms with Gasteiger partial charge in [-0.3, -0.25) is 0 Å². The zero-order chi connectivity index (χ0) is 18.5. The summed E-state index contributed by atoms with van der Waals surface area (Å²) in [7, 11) is 1.71. The lowest BCUT2D eigenvalue weighted by atomic mass is 9.65. The quantitative estimate of drug-likeness (QED) is 0.272. The minimum absolute atomic E-state index is 0. The maximum Gasteiger partial charge on any atom is 0.194 e. The van der Waals surface area contributed by atoms with Crippen LogP contribution in [0.1, 0.15) is 40.2 Å². The van der Waals surface area contributed by atoms with Crippen molar-refractivity contribution >= 4 is 35.6 Å². The highest BCUT2D eigenvalue weighted by atomic mass is 127. The first-order valence-corrected chi connectivity index (χ1v) is 9.19. The van der Waals surface area contributed by atoms with E-state index in [1.54, 1.807) is 7.11 Å². The molecular weight excluding hydrogens is 439 g/mol. The highest BCUT2D eigenvalue weighted by Gasteiger charge is 2.53. The smallest absolute Gasteiger partial charge is 0.194 e. The van der Waals surface area contributed by atoms with Gasteiger partial charge in [0.1, 0.15) is 0 Å². The van der Waals surface area contributed by atoms with Crippen LogP contribution < -0.4 is 10.6 Å². The minimum atomic E-state index is 0. The Kier molecular flexibility index (Phi) is 8.66. The summed E-state index contributed by atoms with van der Waals surface area (Å²) < 4.78 is 5.05. The molecule has 0 unspecified atom stereocenters. The first kappa shape index (κ1) is 23.0. The third kappa shape index (κ3) is 5.25. The van der Waals surface area contributed by atoms with Crippen molar-refractivity contribution in [3.63, 3.8) is 0 Å². The van der Waals surface area contributed by atoms with E-state index >= 15 is 0 Å². The molecule has 1 saturated heterocycles. The van der Waals surface area contributed by atoms with E-state index in [-0.39, 0.29) is 29.5 Å². The van der Waals surface area contributed by atoms with Crippen LogP contribution in [0.2, 0.25) is 0 Å². The number of benzene rings is 1. The summed E-state index contributed by atoms with van der Waals surface area (Å²) in [5.74, 6) is 1.01. The summed E-state index contributed by atoms with van der Waals surface area (Å²) in [6.45, 7) is 15.5. The Labute approximate surface area is 176 Å². The topological polar surface area (TPSA) is 48.9 Å². The number of nitrogens with zero attached hydrogens (tertiary/aromatic N) is 2. The fraction of sp³-hybridized carbons (Fsp3) is 0.650. The van der Waals surface area contributed by atoms with E-state index in [0.717, 1.165) is 31.3 Å². The highest BCUT2D eigenvalue weighted by Crippen LogP contribution is 2.46. The number of ether oxygens (including phenoxy) is 1. The summed E-state index contributed by atoms with van der Waals surface area (Å²) in [5, 5.41) is 6.78. The fourth-order valence-corrected chi connectivity index (χ4v) is 2.99. The molecule has 0 bridgehead atoms. The molecule has 0 saturated carbocycles. The van der Waals surface area contributed by atoms with Crippen LogP contribution in [0.4, 0.5) is 5.69 Å². The summed E-state index contributed by atoms with van der Waals surface area (Å²) in [4.78, 5) is 7.25. The van der Waals surface area contributed by atoms with E-state index < -0.39 is 0 Å². The van der Waals surface area contributed by atoms with E-state index in [4.69, 9.17) is 9.73 Å². The van der Waals surface area contributed by atoms with E-state index in [0.29, 0.717) is 18.6 Å². The molecule has 2 N–H and O–H groups in total. The molecule has 148 valence electrons. The van der Waals surface area contributed by atoms with Gasteiger partial charge < -0.3 is 20.3 Å². The second-order valence-electron chi connectivity index (χ2n) is 7.82. The largest absolute Gasteiger partial charge is 0.383 e. The number of nitrogens with one attached hydrogen (secondary N) is 2. The van der Waals surface area contributed by atoms with Crippen LogP contribution in [0, 0.1) is 5.41 Å². The van der Waals surface area contributed by atoms with Gasteiger partial charge in [-0.1, -0.05) is 26.0 Å². The molecule has 1 aliphatic heterocycles. The Balaban J connectivity index is 0.00000338. The van der Waals surface area contributed by atoms with Gasteiger partial charge in [0.2, 0.25) is 0 Å². The molecule has 0 spiro atoms. The molecule has 1 aliphatic rings. The lowest BCUT2D eigenvalue weighted by molar-refractivity contribution is -0.0667. The van der Waals surface area contributed by atoms with Crippen molar-refractivity contribution in [1.82, 2.24) is 10.2 Å². The van der Waals surface area contributed by atoms with E-state index in [2.05, 4.69) is 74.4 Å². The van der Waals surface area contributed by atoms with Gasteiger partial charge in [0.05, 0.1) is 13.2 Å². The van der Waals surface area contributed by atoms with Gasteiger partial charge in [0.15, 0.2) is 5.96 Å². The maximum absolute atomic E-state index is 5.05. The van der Waals surface area contributed by atoms with Gasteiger partial charge in [0.25, 0.3) is 0 Å². The van der Waals surface area contributed by atoms with E-state index in [1.165, 1.54) is 5.56 Å². The monoisotopic (exact) mass is 474 g/mol. The van der Waals surface area contributed by atoms with Crippen LogP contribution in [0.3, 0.4) is 0 Å². The van der Waals surface area contributed by atoms with Gasteiger partial charge in [-0.15, -0.1) is 24.0 Å². The molecule has 26 heavy (non-hydrogen) atoms. The summed E-state index contributed by atoms with van der Waals surface area (Å²) >= 11 is 0. The molecule has 0 atom stereocenters. The van der Waals surface area contributed by atoms with Crippen molar-refractivity contribution in [2.75, 3.05) is 38.7 Å². The number of rotatable bonds is 7. The van der Waals surface area contributed by atoms with E-state index in [9.17, 15) is 0 Å². The molecule has 1 fully saturated rings. The molecule has 1 aromatic carbocycles. The molecule has 1 aromatic rings. The van der Waals surface area contributed by atoms with Crippen molar-refractivity contribution in [3.05, 3.63) is 29.8 Å². The second kappa shape index (κ2) is 9.78. The predicted octanol–water partition coefficient (Wildman–Crippen LogP) is 3.95. The van der Waals surface area contributed by atoms with Gasteiger partial charge in [-0.2, -0.15) is 0 Å². The molecule has 0 amide bonds. The predicted molar refractivity (Wildman–Crippen MR) is 122 cm³/mol. The number of likely N-dealkylation sites (tertiary alicyclic amines) is 1. The molecular formula is C20H35IN4O. The second-order valence-corrected chi connectivity index (χ2v) is 7.82. The number of hydrogen-bond donors (Lipinski definition) is 2. The van der Waals surface area contributed by atoms with Crippen molar-refractivity contribution < 1.29 is 4.74 Å². The number of anilines is 1. The molecule has 0 aliphatic carbocycles. The third-order valence-electron chi connectivity index (χ3n) is 5.48. The first-order chi connectivity index (χ1) is 11.8.